The molecule has 0 radical (unpaired) electrons. The van der Waals surface area contributed by atoms with Crippen molar-refractivity contribution in [2.75, 3.05) is 36.9 Å². The predicted molar refractivity (Wildman–Crippen MR) is 65.2 cm³/mol. The fraction of sp³-hybridized carbons (Fsp3) is 1.00. The molecule has 88 valence electrons. The summed E-state index contributed by atoms with van der Waals surface area (Å²) in [6.07, 6.45) is 3.32. The van der Waals surface area contributed by atoms with E-state index in [0.29, 0.717) is 16.9 Å². The molecule has 15 heavy (non-hydrogen) atoms. The number of hydrogen-bond donors (Lipinski definition) is 1. The van der Waals surface area contributed by atoms with Gasteiger partial charge in [0.05, 0.1) is 11.5 Å². The Morgan fingerprint density at radius 1 is 1.20 bits per heavy atom. The van der Waals surface area contributed by atoms with Crippen molar-refractivity contribution >= 4 is 22.5 Å². The van der Waals surface area contributed by atoms with E-state index in [0.717, 1.165) is 31.8 Å². The topological polar surface area (TPSA) is 37.4 Å². The van der Waals surface area contributed by atoms with Crippen LogP contribution in [-0.2, 0) is 9.84 Å². The summed E-state index contributed by atoms with van der Waals surface area (Å²) in [6, 6.07) is 0. The van der Waals surface area contributed by atoms with Crippen LogP contribution in [0.1, 0.15) is 19.3 Å². The van der Waals surface area contributed by atoms with Gasteiger partial charge < -0.3 is 4.90 Å². The third kappa shape index (κ3) is 3.11. The highest BCUT2D eigenvalue weighted by molar-refractivity contribution is 7.91. The zero-order valence-electron chi connectivity index (χ0n) is 8.98. The van der Waals surface area contributed by atoms with Gasteiger partial charge in [0.15, 0.2) is 9.84 Å². The minimum absolute atomic E-state index is 0.343. The fourth-order valence-electron chi connectivity index (χ4n) is 2.17. The van der Waals surface area contributed by atoms with Crippen molar-refractivity contribution in [3.8, 4) is 0 Å². The molecular weight excluding hydrogens is 230 g/mol. The van der Waals surface area contributed by atoms with Crippen LogP contribution in [0.2, 0.25) is 0 Å². The molecule has 1 aliphatic heterocycles. The molecule has 0 aromatic heterocycles. The van der Waals surface area contributed by atoms with Gasteiger partial charge in [-0.1, -0.05) is 0 Å². The molecule has 3 nitrogen and oxygen atoms in total. The highest BCUT2D eigenvalue weighted by Gasteiger charge is 2.42. The Bertz CT molecular complexity index is 322. The SMILES string of the molecule is O=S1(=O)CCCN(CC2(CS)CC2)CC1. The largest absolute Gasteiger partial charge is 0.302 e. The van der Waals surface area contributed by atoms with Crippen molar-refractivity contribution in [1.29, 1.82) is 0 Å². The summed E-state index contributed by atoms with van der Waals surface area (Å²) in [5.74, 6) is 1.66. The van der Waals surface area contributed by atoms with Gasteiger partial charge in [0.2, 0.25) is 0 Å². The highest BCUT2D eigenvalue weighted by atomic mass is 32.2. The van der Waals surface area contributed by atoms with E-state index in [4.69, 9.17) is 0 Å². The zero-order chi connectivity index (χ0) is 10.9. The minimum Gasteiger partial charge on any atom is -0.302 e. The van der Waals surface area contributed by atoms with E-state index < -0.39 is 9.84 Å². The smallest absolute Gasteiger partial charge is 0.151 e. The highest BCUT2D eigenvalue weighted by Crippen LogP contribution is 2.47. The van der Waals surface area contributed by atoms with Gasteiger partial charge in [0, 0.05) is 13.1 Å². The lowest BCUT2D eigenvalue weighted by atomic mass is 10.1. The van der Waals surface area contributed by atoms with E-state index in [1.807, 2.05) is 0 Å². The Morgan fingerprint density at radius 3 is 2.53 bits per heavy atom. The van der Waals surface area contributed by atoms with Crippen LogP contribution in [0.15, 0.2) is 0 Å². The van der Waals surface area contributed by atoms with E-state index in [1.165, 1.54) is 12.8 Å². The predicted octanol–water partition coefficient (Wildman–Crippen LogP) is 0.817. The van der Waals surface area contributed by atoms with Gasteiger partial charge in [-0.15, -0.1) is 0 Å². The van der Waals surface area contributed by atoms with E-state index in [2.05, 4.69) is 17.5 Å². The zero-order valence-corrected chi connectivity index (χ0v) is 10.7. The lowest BCUT2D eigenvalue weighted by Gasteiger charge is -2.24. The van der Waals surface area contributed by atoms with Gasteiger partial charge in [0.1, 0.15) is 0 Å². The summed E-state index contributed by atoms with van der Waals surface area (Å²) in [7, 11) is -2.75. The first-order chi connectivity index (χ1) is 7.05. The maximum atomic E-state index is 11.4. The van der Waals surface area contributed by atoms with Crippen LogP contribution in [0.4, 0.5) is 0 Å². The van der Waals surface area contributed by atoms with Crippen LogP contribution in [-0.4, -0.2) is 50.2 Å². The molecule has 5 heteroatoms. The molecule has 0 aromatic carbocycles. The third-order valence-electron chi connectivity index (χ3n) is 3.50. The van der Waals surface area contributed by atoms with Gasteiger partial charge in [0.25, 0.3) is 0 Å². The molecule has 2 aliphatic rings. The molecule has 0 N–H and O–H groups in total. The first kappa shape index (κ1) is 11.7. The minimum atomic E-state index is -2.75. The first-order valence-electron chi connectivity index (χ1n) is 5.59. The van der Waals surface area contributed by atoms with E-state index in [9.17, 15) is 8.42 Å². The molecule has 1 saturated heterocycles. The Labute approximate surface area is 97.6 Å². The van der Waals surface area contributed by atoms with Gasteiger partial charge in [-0.05, 0) is 37.0 Å². The second-order valence-electron chi connectivity index (χ2n) is 4.94. The summed E-state index contributed by atoms with van der Waals surface area (Å²) < 4.78 is 22.9. The van der Waals surface area contributed by atoms with Crippen molar-refractivity contribution in [1.82, 2.24) is 4.90 Å². The standard InChI is InChI=1S/C10H19NO2S2/c12-15(13)6-1-4-11(5-7-15)8-10(9-14)2-3-10/h14H,1-9H2. The summed E-state index contributed by atoms with van der Waals surface area (Å²) in [4.78, 5) is 2.31. The van der Waals surface area contributed by atoms with Crippen molar-refractivity contribution in [3.05, 3.63) is 0 Å². The number of nitrogens with zero attached hydrogens (tertiary/aromatic N) is 1. The molecule has 0 bridgehead atoms. The lowest BCUT2D eigenvalue weighted by molar-refractivity contribution is 0.247. The fourth-order valence-corrected chi connectivity index (χ4v) is 3.89. The van der Waals surface area contributed by atoms with Crippen LogP contribution in [0.3, 0.4) is 0 Å². The van der Waals surface area contributed by atoms with Crippen molar-refractivity contribution in [2.45, 2.75) is 19.3 Å². The Hall–Kier alpha value is 0.260. The molecule has 0 spiro atoms. The van der Waals surface area contributed by atoms with Crippen LogP contribution in [0.25, 0.3) is 0 Å². The molecule has 0 aromatic rings. The monoisotopic (exact) mass is 249 g/mol. The van der Waals surface area contributed by atoms with E-state index >= 15 is 0 Å². The van der Waals surface area contributed by atoms with Crippen molar-refractivity contribution < 1.29 is 8.42 Å². The normalized spacial score (nSPS) is 29.7. The summed E-state index contributed by atoms with van der Waals surface area (Å²) in [5, 5.41) is 0. The van der Waals surface area contributed by atoms with Crippen LogP contribution in [0, 0.1) is 5.41 Å². The molecule has 0 amide bonds. The van der Waals surface area contributed by atoms with Crippen molar-refractivity contribution in [3.63, 3.8) is 0 Å². The molecule has 0 unspecified atom stereocenters. The summed E-state index contributed by atoms with van der Waals surface area (Å²) >= 11 is 4.38. The van der Waals surface area contributed by atoms with Crippen molar-refractivity contribution in [2.24, 2.45) is 5.41 Å². The molecule has 2 rings (SSSR count). The molecule has 1 aliphatic carbocycles. The first-order valence-corrected chi connectivity index (χ1v) is 8.04. The Kier molecular flexibility index (Phi) is 3.33. The average Bonchev–Trinajstić information content (AvgIpc) is 2.95. The van der Waals surface area contributed by atoms with Gasteiger partial charge >= 0.3 is 0 Å². The lowest BCUT2D eigenvalue weighted by Crippen LogP contribution is -2.33. The van der Waals surface area contributed by atoms with Crippen LogP contribution < -0.4 is 0 Å². The number of rotatable bonds is 3. The number of hydrogen-bond acceptors (Lipinski definition) is 4. The van der Waals surface area contributed by atoms with Crippen LogP contribution in [0.5, 0.6) is 0 Å². The molecule has 1 saturated carbocycles. The molecule has 2 fully saturated rings. The quantitative estimate of drug-likeness (QED) is 0.752. The maximum absolute atomic E-state index is 11.4. The number of sulfone groups is 1. The molecule has 0 atom stereocenters. The summed E-state index contributed by atoms with van der Waals surface area (Å²) in [6.45, 7) is 2.71. The maximum Gasteiger partial charge on any atom is 0.151 e. The van der Waals surface area contributed by atoms with Gasteiger partial charge in [-0.3, -0.25) is 0 Å². The molecular formula is C10H19NO2S2. The van der Waals surface area contributed by atoms with E-state index in [-0.39, 0.29) is 0 Å². The Morgan fingerprint density at radius 2 is 1.93 bits per heavy atom. The van der Waals surface area contributed by atoms with E-state index in [1.54, 1.807) is 0 Å². The van der Waals surface area contributed by atoms with Gasteiger partial charge in [-0.25, -0.2) is 8.42 Å². The third-order valence-corrected chi connectivity index (χ3v) is 5.89. The van der Waals surface area contributed by atoms with Gasteiger partial charge in [-0.2, -0.15) is 12.6 Å². The second-order valence-corrected chi connectivity index (χ2v) is 7.56. The number of thiol groups is 1. The Balaban J connectivity index is 1.89. The summed E-state index contributed by atoms with van der Waals surface area (Å²) in [5.41, 5.74) is 0.414. The molecule has 1 heterocycles. The average molecular weight is 249 g/mol. The van der Waals surface area contributed by atoms with Crippen LogP contribution >= 0.6 is 12.6 Å². The second kappa shape index (κ2) is 4.26.